The lowest BCUT2D eigenvalue weighted by Crippen LogP contribution is -2.27. The van der Waals surface area contributed by atoms with Crippen molar-refractivity contribution in [3.05, 3.63) is 30.0 Å². The Morgan fingerprint density at radius 1 is 1.20 bits per heavy atom. The van der Waals surface area contributed by atoms with Crippen molar-refractivity contribution in [2.45, 2.75) is 39.2 Å². The smallest absolute Gasteiger partial charge is 0.419 e. The number of carbonyl (C=O) groups excluding carboxylic acids is 2. The Kier molecular flexibility index (Phi) is 5.11. The summed E-state index contributed by atoms with van der Waals surface area (Å²) in [5, 5.41) is 0.799. The topological polar surface area (TPSA) is 60.8 Å². The summed E-state index contributed by atoms with van der Waals surface area (Å²) in [5.74, 6) is 0.236. The van der Waals surface area contributed by atoms with Crippen molar-refractivity contribution in [2.75, 3.05) is 21.2 Å². The van der Waals surface area contributed by atoms with Gasteiger partial charge in [-0.3, -0.25) is 9.36 Å². The first-order valence-electron chi connectivity index (χ1n) is 8.18. The predicted molar refractivity (Wildman–Crippen MR) is 97.2 cm³/mol. The van der Waals surface area contributed by atoms with E-state index in [-0.39, 0.29) is 5.91 Å². The second kappa shape index (κ2) is 6.78. The van der Waals surface area contributed by atoms with E-state index in [4.69, 9.17) is 9.47 Å². The maximum atomic E-state index is 12.6. The molecule has 25 heavy (non-hydrogen) atoms. The van der Waals surface area contributed by atoms with Gasteiger partial charge >= 0.3 is 6.09 Å². The zero-order chi connectivity index (χ0) is 18.9. The molecule has 0 N–H and O–H groups in total. The lowest BCUT2D eigenvalue weighted by Gasteiger charge is -2.19. The molecule has 0 fully saturated rings. The number of hydrogen-bond acceptors (Lipinski definition) is 4. The first-order valence-corrected chi connectivity index (χ1v) is 8.18. The maximum absolute atomic E-state index is 12.6. The summed E-state index contributed by atoms with van der Waals surface area (Å²) in [6.07, 6.45) is 1.21. The lowest BCUT2D eigenvalue weighted by molar-refractivity contribution is -0.129. The van der Waals surface area contributed by atoms with E-state index in [1.54, 1.807) is 44.4 Å². The molecule has 0 aliphatic carbocycles. The number of fused-ring (bicyclic) bond motifs is 1. The number of benzene rings is 1. The largest absolute Gasteiger partial charge is 0.497 e. The van der Waals surface area contributed by atoms with Crippen LogP contribution in [0, 0.1) is 0 Å². The van der Waals surface area contributed by atoms with Crippen LogP contribution in [0.25, 0.3) is 10.9 Å². The molecule has 1 heterocycles. The first kappa shape index (κ1) is 18.8. The SMILES string of the molecule is COc1ccc2c(c1)c(C(C)C(=O)N(C)C)cn2C(=O)OC(C)(C)C. The number of methoxy groups -OCH3 is 1. The second-order valence-electron chi connectivity index (χ2n) is 7.27. The third-order valence-electron chi connectivity index (χ3n) is 3.91. The fourth-order valence-electron chi connectivity index (χ4n) is 2.69. The maximum Gasteiger partial charge on any atom is 0.419 e. The van der Waals surface area contributed by atoms with Crippen LogP contribution in [0.5, 0.6) is 5.75 Å². The number of aromatic nitrogens is 1. The van der Waals surface area contributed by atoms with Crippen LogP contribution in [0.15, 0.2) is 24.4 Å². The van der Waals surface area contributed by atoms with E-state index in [0.29, 0.717) is 11.3 Å². The average Bonchev–Trinajstić information content (AvgIpc) is 2.90. The summed E-state index contributed by atoms with van der Waals surface area (Å²) in [7, 11) is 5.01. The number of carbonyl (C=O) groups is 2. The van der Waals surface area contributed by atoms with E-state index in [1.165, 1.54) is 4.57 Å². The molecule has 1 atom stereocenters. The van der Waals surface area contributed by atoms with Crippen LogP contribution >= 0.6 is 0 Å². The Bertz CT molecular complexity index is 800. The Morgan fingerprint density at radius 2 is 1.84 bits per heavy atom. The Balaban J connectivity index is 2.61. The van der Waals surface area contributed by atoms with E-state index < -0.39 is 17.6 Å². The zero-order valence-electron chi connectivity index (χ0n) is 15.9. The Hall–Kier alpha value is -2.50. The number of amides is 1. The predicted octanol–water partition coefficient (Wildman–Crippen LogP) is 3.62. The van der Waals surface area contributed by atoms with Crippen LogP contribution in [-0.4, -0.2) is 48.3 Å². The van der Waals surface area contributed by atoms with E-state index in [0.717, 1.165) is 10.9 Å². The first-order chi connectivity index (χ1) is 11.5. The molecule has 0 saturated carbocycles. The number of hydrogen-bond donors (Lipinski definition) is 0. The van der Waals surface area contributed by atoms with Crippen LogP contribution < -0.4 is 4.74 Å². The highest BCUT2D eigenvalue weighted by Crippen LogP contribution is 2.32. The molecule has 0 radical (unpaired) electrons. The molecule has 0 aliphatic heterocycles. The minimum atomic E-state index is -0.606. The fraction of sp³-hybridized carbons (Fsp3) is 0.474. The van der Waals surface area contributed by atoms with Crippen molar-refractivity contribution in [2.24, 2.45) is 0 Å². The van der Waals surface area contributed by atoms with Gasteiger partial charge in [-0.15, -0.1) is 0 Å². The summed E-state index contributed by atoms with van der Waals surface area (Å²) in [4.78, 5) is 26.5. The van der Waals surface area contributed by atoms with E-state index >= 15 is 0 Å². The molecule has 2 aromatic rings. The molecule has 0 spiro atoms. The van der Waals surface area contributed by atoms with Crippen LogP contribution in [-0.2, 0) is 9.53 Å². The van der Waals surface area contributed by atoms with Gasteiger partial charge in [-0.1, -0.05) is 0 Å². The lowest BCUT2D eigenvalue weighted by atomic mass is 9.99. The molecule has 6 heteroatoms. The number of ether oxygens (including phenoxy) is 2. The van der Waals surface area contributed by atoms with Gasteiger partial charge in [0, 0.05) is 25.7 Å². The fourth-order valence-corrected chi connectivity index (χ4v) is 2.69. The van der Waals surface area contributed by atoms with Crippen LogP contribution in [0.4, 0.5) is 4.79 Å². The quantitative estimate of drug-likeness (QED) is 0.851. The standard InChI is InChI=1S/C19H26N2O4/c1-12(17(22)20(5)6)15-11-21(18(23)25-19(2,3)4)16-9-8-13(24-7)10-14(15)16/h8-12H,1-7H3. The third kappa shape index (κ3) is 3.95. The molecule has 1 aromatic carbocycles. The van der Waals surface area contributed by atoms with Gasteiger partial charge in [-0.2, -0.15) is 0 Å². The number of likely N-dealkylation sites (N-methyl/N-ethyl adjacent to an activating group) is 1. The van der Waals surface area contributed by atoms with Gasteiger partial charge in [0.05, 0.1) is 18.5 Å². The molecule has 6 nitrogen and oxygen atoms in total. The minimum Gasteiger partial charge on any atom is -0.497 e. The summed E-state index contributed by atoms with van der Waals surface area (Å²) in [6.45, 7) is 7.28. The molecule has 0 saturated heterocycles. The van der Waals surface area contributed by atoms with Crippen molar-refractivity contribution >= 4 is 22.9 Å². The molecule has 0 aliphatic rings. The van der Waals surface area contributed by atoms with Crippen molar-refractivity contribution in [1.29, 1.82) is 0 Å². The zero-order valence-corrected chi connectivity index (χ0v) is 15.9. The molecule has 1 amide bonds. The van der Waals surface area contributed by atoms with Gasteiger partial charge in [0.15, 0.2) is 0 Å². The highest BCUT2D eigenvalue weighted by atomic mass is 16.6. The van der Waals surface area contributed by atoms with Crippen molar-refractivity contribution < 1.29 is 19.1 Å². The number of rotatable bonds is 3. The molecule has 1 unspecified atom stereocenters. The summed E-state index contributed by atoms with van der Waals surface area (Å²) in [6, 6.07) is 5.42. The molecule has 136 valence electrons. The highest BCUT2D eigenvalue weighted by molar-refractivity contribution is 5.96. The Morgan fingerprint density at radius 3 is 2.36 bits per heavy atom. The van der Waals surface area contributed by atoms with Gasteiger partial charge in [0.2, 0.25) is 5.91 Å². The molecular formula is C19H26N2O4. The summed E-state index contributed by atoms with van der Waals surface area (Å²) >= 11 is 0. The normalized spacial score (nSPS) is 12.8. The van der Waals surface area contributed by atoms with Crippen LogP contribution in [0.3, 0.4) is 0 Å². The van der Waals surface area contributed by atoms with E-state index in [9.17, 15) is 9.59 Å². The van der Waals surface area contributed by atoms with Gasteiger partial charge < -0.3 is 14.4 Å². The molecular weight excluding hydrogens is 320 g/mol. The molecule has 1 aromatic heterocycles. The second-order valence-corrected chi connectivity index (χ2v) is 7.27. The molecule has 2 rings (SSSR count). The van der Waals surface area contributed by atoms with Gasteiger partial charge in [-0.05, 0) is 51.5 Å². The Labute approximate surface area is 148 Å². The summed E-state index contributed by atoms with van der Waals surface area (Å²) in [5.41, 5.74) is 0.840. The van der Waals surface area contributed by atoms with Crippen LogP contribution in [0.1, 0.15) is 39.2 Å². The van der Waals surface area contributed by atoms with Crippen molar-refractivity contribution in [3.8, 4) is 5.75 Å². The van der Waals surface area contributed by atoms with E-state index in [1.807, 2.05) is 33.8 Å². The van der Waals surface area contributed by atoms with E-state index in [2.05, 4.69) is 0 Å². The van der Waals surface area contributed by atoms with Crippen LogP contribution in [0.2, 0.25) is 0 Å². The van der Waals surface area contributed by atoms with Gasteiger partial charge in [0.25, 0.3) is 0 Å². The average molecular weight is 346 g/mol. The van der Waals surface area contributed by atoms with Gasteiger partial charge in [-0.25, -0.2) is 4.79 Å². The third-order valence-corrected chi connectivity index (χ3v) is 3.91. The summed E-state index contributed by atoms with van der Waals surface area (Å²) < 4.78 is 12.2. The minimum absolute atomic E-state index is 0.0361. The monoisotopic (exact) mass is 346 g/mol. The highest BCUT2D eigenvalue weighted by Gasteiger charge is 2.26. The van der Waals surface area contributed by atoms with Crippen molar-refractivity contribution in [1.82, 2.24) is 9.47 Å². The molecule has 0 bridgehead atoms. The van der Waals surface area contributed by atoms with Crippen molar-refractivity contribution in [3.63, 3.8) is 0 Å². The number of nitrogens with zero attached hydrogens (tertiary/aromatic N) is 2. The van der Waals surface area contributed by atoms with Gasteiger partial charge in [0.1, 0.15) is 11.4 Å².